The number of fused-ring (bicyclic) bond motifs is 1. The third-order valence-corrected chi connectivity index (χ3v) is 6.51. The van der Waals surface area contributed by atoms with Crippen molar-refractivity contribution in [2.24, 2.45) is 0 Å². The molecule has 1 heterocycles. The summed E-state index contributed by atoms with van der Waals surface area (Å²) in [6.07, 6.45) is -4.73. The van der Waals surface area contributed by atoms with Crippen molar-refractivity contribution in [3.05, 3.63) is 61.0 Å². The Balaban J connectivity index is 1.72. The van der Waals surface area contributed by atoms with Crippen molar-refractivity contribution in [1.29, 1.82) is 0 Å². The maximum atomic E-state index is 13.0. The number of nitrogens with one attached hydrogen (secondary N) is 1. The topological polar surface area (TPSA) is 92.8 Å². The van der Waals surface area contributed by atoms with E-state index in [4.69, 9.17) is 51.1 Å². The minimum atomic E-state index is -4.73. The lowest BCUT2D eigenvalue weighted by molar-refractivity contribution is -0.150. The van der Waals surface area contributed by atoms with E-state index in [-0.39, 0.29) is 31.2 Å². The molecule has 2 aromatic carbocycles. The van der Waals surface area contributed by atoms with E-state index in [1.807, 2.05) is 5.32 Å². The Hall–Kier alpha value is -2.53. The number of amides is 3. The summed E-state index contributed by atoms with van der Waals surface area (Å²) in [5, 5.41) is 0.791. The number of carbonyl (C=O) groups excluding carboxylic acids is 4. The summed E-state index contributed by atoms with van der Waals surface area (Å²) in [5.41, 5.74) is -2.35. The second kappa shape index (κ2) is 9.61. The molecule has 0 aliphatic carbocycles. The van der Waals surface area contributed by atoms with Crippen LogP contribution < -0.4 is 5.32 Å². The maximum absolute atomic E-state index is 13.0. The minimum absolute atomic E-state index is 0.263. The number of ether oxygens (including phenoxy) is 1. The summed E-state index contributed by atoms with van der Waals surface area (Å²) in [7, 11) is 0. The number of benzene rings is 2. The van der Waals surface area contributed by atoms with E-state index < -0.39 is 53.8 Å². The van der Waals surface area contributed by atoms with E-state index in [1.54, 1.807) is 0 Å². The number of carbonyl (C=O) groups is 4. The van der Waals surface area contributed by atoms with Gasteiger partial charge in [-0.2, -0.15) is 13.2 Å². The first kappa shape index (κ1) is 26.1. The summed E-state index contributed by atoms with van der Waals surface area (Å²) in [6, 6.07) is 2.65. The largest absolute Gasteiger partial charge is 0.454 e. The van der Waals surface area contributed by atoms with Crippen LogP contribution in [0.15, 0.2) is 24.3 Å². The van der Waals surface area contributed by atoms with Gasteiger partial charge < -0.3 is 10.1 Å². The van der Waals surface area contributed by atoms with Gasteiger partial charge in [-0.15, -0.1) is 0 Å². The molecule has 0 aromatic heterocycles. The van der Waals surface area contributed by atoms with Gasteiger partial charge in [0.1, 0.15) is 6.04 Å². The van der Waals surface area contributed by atoms with Crippen molar-refractivity contribution in [3.63, 3.8) is 0 Å². The molecule has 1 atom stereocenters. The first-order valence-electron chi connectivity index (χ1n) is 9.13. The van der Waals surface area contributed by atoms with Crippen LogP contribution in [0.1, 0.15) is 33.2 Å². The average molecular weight is 558 g/mol. The number of para-hydroxylation sites is 1. The molecule has 14 heteroatoms. The Morgan fingerprint density at radius 2 is 1.47 bits per heavy atom. The molecule has 0 saturated heterocycles. The quantitative estimate of drug-likeness (QED) is 0.227. The van der Waals surface area contributed by atoms with Gasteiger partial charge in [-0.3, -0.25) is 19.3 Å². The molecule has 0 radical (unpaired) electrons. The molecule has 0 fully saturated rings. The molecular formula is C20H11Cl4F3N2O5. The monoisotopic (exact) mass is 556 g/mol. The van der Waals surface area contributed by atoms with Gasteiger partial charge in [0.15, 0.2) is 6.61 Å². The van der Waals surface area contributed by atoms with Crippen LogP contribution in [-0.4, -0.2) is 41.2 Å². The van der Waals surface area contributed by atoms with Gasteiger partial charge >= 0.3 is 12.1 Å². The van der Waals surface area contributed by atoms with Crippen LogP contribution in [0.3, 0.4) is 0 Å². The molecule has 1 aliphatic heterocycles. The van der Waals surface area contributed by atoms with Gasteiger partial charge in [0.25, 0.3) is 17.7 Å². The summed E-state index contributed by atoms with van der Waals surface area (Å²) in [4.78, 5) is 50.5. The lowest BCUT2D eigenvalue weighted by Gasteiger charge is -2.21. The smallest absolute Gasteiger partial charge is 0.418 e. The highest BCUT2D eigenvalue weighted by molar-refractivity contribution is 6.55. The van der Waals surface area contributed by atoms with E-state index in [1.165, 1.54) is 6.07 Å². The van der Waals surface area contributed by atoms with E-state index in [0.29, 0.717) is 4.90 Å². The zero-order chi connectivity index (χ0) is 25.5. The van der Waals surface area contributed by atoms with E-state index in [9.17, 15) is 32.3 Å². The predicted octanol–water partition coefficient (Wildman–Crippen LogP) is 5.49. The van der Waals surface area contributed by atoms with Crippen LogP contribution in [-0.2, 0) is 20.5 Å². The zero-order valence-corrected chi connectivity index (χ0v) is 19.8. The Morgan fingerprint density at radius 3 is 1.97 bits per heavy atom. The number of hydrogen-bond acceptors (Lipinski definition) is 5. The first-order chi connectivity index (χ1) is 15.8. The Labute approximate surface area is 209 Å². The molecule has 180 valence electrons. The van der Waals surface area contributed by atoms with Gasteiger partial charge in [0, 0.05) is 0 Å². The van der Waals surface area contributed by atoms with Crippen LogP contribution in [0.25, 0.3) is 0 Å². The van der Waals surface area contributed by atoms with Gasteiger partial charge in [-0.1, -0.05) is 58.5 Å². The second-order valence-electron chi connectivity index (χ2n) is 6.86. The Kier molecular flexibility index (Phi) is 7.37. The van der Waals surface area contributed by atoms with Gasteiger partial charge in [0.2, 0.25) is 0 Å². The van der Waals surface area contributed by atoms with Crippen LogP contribution >= 0.6 is 46.4 Å². The molecule has 0 bridgehead atoms. The summed E-state index contributed by atoms with van der Waals surface area (Å²) >= 11 is 23.9. The third kappa shape index (κ3) is 4.68. The highest BCUT2D eigenvalue weighted by atomic mass is 35.5. The molecule has 3 amide bonds. The summed E-state index contributed by atoms with van der Waals surface area (Å²) in [6.45, 7) is 0.142. The fraction of sp³-hybridized carbons (Fsp3) is 0.200. The number of alkyl halides is 3. The number of hydrogen-bond donors (Lipinski definition) is 1. The third-order valence-electron chi connectivity index (χ3n) is 4.71. The van der Waals surface area contributed by atoms with Gasteiger partial charge in [-0.25, -0.2) is 4.79 Å². The lowest BCUT2D eigenvalue weighted by atomic mass is 10.1. The molecule has 0 saturated carbocycles. The van der Waals surface area contributed by atoms with E-state index in [2.05, 4.69) is 0 Å². The summed E-state index contributed by atoms with van der Waals surface area (Å²) < 4.78 is 43.9. The summed E-state index contributed by atoms with van der Waals surface area (Å²) in [5.74, 6) is -4.28. The van der Waals surface area contributed by atoms with Gasteiger partial charge in [0.05, 0.1) is 42.5 Å². The van der Waals surface area contributed by atoms with Crippen LogP contribution in [0, 0.1) is 0 Å². The molecule has 3 rings (SSSR count). The molecule has 1 N–H and O–H groups in total. The van der Waals surface area contributed by atoms with Crippen molar-refractivity contribution in [1.82, 2.24) is 4.90 Å². The lowest BCUT2D eigenvalue weighted by Crippen LogP contribution is -2.44. The number of esters is 1. The van der Waals surface area contributed by atoms with E-state index >= 15 is 0 Å². The molecule has 0 spiro atoms. The Morgan fingerprint density at radius 1 is 0.971 bits per heavy atom. The number of rotatable bonds is 5. The fourth-order valence-corrected chi connectivity index (χ4v) is 4.12. The number of halogens is 7. The normalized spacial score (nSPS) is 14.2. The standard InChI is InChI=1S/C20H11Cl4F3N2O5/c1-7(29-17(31)11-12(18(29)32)14(22)16(24)15(23)13(11)21)19(33)34-6-10(30)28-9-5-3-2-4-8(9)20(25,26)27/h2-5,7H,6H2,1H3,(H,28,30)/t7-/m1/s1. The molecular weight excluding hydrogens is 547 g/mol. The molecule has 1 aliphatic rings. The second-order valence-corrected chi connectivity index (χ2v) is 8.37. The van der Waals surface area contributed by atoms with Crippen LogP contribution in [0.4, 0.5) is 18.9 Å². The van der Waals surface area contributed by atoms with Gasteiger partial charge in [-0.05, 0) is 19.1 Å². The van der Waals surface area contributed by atoms with Crippen molar-refractivity contribution in [2.75, 3.05) is 11.9 Å². The van der Waals surface area contributed by atoms with Crippen LogP contribution in [0.5, 0.6) is 0 Å². The van der Waals surface area contributed by atoms with Crippen molar-refractivity contribution in [3.8, 4) is 0 Å². The molecule has 7 nitrogen and oxygen atoms in total. The van der Waals surface area contributed by atoms with Crippen LogP contribution in [0.2, 0.25) is 20.1 Å². The predicted molar refractivity (Wildman–Crippen MR) is 117 cm³/mol. The molecule has 34 heavy (non-hydrogen) atoms. The maximum Gasteiger partial charge on any atom is 0.418 e. The van der Waals surface area contributed by atoms with Crippen molar-refractivity contribution in [2.45, 2.75) is 19.1 Å². The number of nitrogens with zero attached hydrogens (tertiary/aromatic N) is 1. The zero-order valence-electron chi connectivity index (χ0n) is 16.7. The van der Waals surface area contributed by atoms with E-state index in [0.717, 1.165) is 25.1 Å². The fourth-order valence-electron chi connectivity index (χ4n) is 3.11. The van der Waals surface area contributed by atoms with Crippen molar-refractivity contribution < 1.29 is 37.1 Å². The Bertz CT molecular complexity index is 1190. The SMILES string of the molecule is C[C@H](C(=O)OCC(=O)Nc1ccccc1C(F)(F)F)N1C(=O)c2c(Cl)c(Cl)c(Cl)c(Cl)c2C1=O. The van der Waals surface area contributed by atoms with Crippen molar-refractivity contribution >= 4 is 75.8 Å². The average Bonchev–Trinajstić information content (AvgIpc) is 3.03. The molecule has 0 unspecified atom stereocenters. The first-order valence-corrected chi connectivity index (χ1v) is 10.6. The number of anilines is 1. The molecule has 2 aromatic rings. The highest BCUT2D eigenvalue weighted by Gasteiger charge is 2.45. The number of imide groups is 1. The highest BCUT2D eigenvalue weighted by Crippen LogP contribution is 2.45. The minimum Gasteiger partial charge on any atom is -0.454 e.